The molecule has 4 nitrogen and oxygen atoms in total. The van der Waals surface area contributed by atoms with Crippen molar-refractivity contribution in [2.24, 2.45) is 5.73 Å². The van der Waals surface area contributed by atoms with Crippen molar-refractivity contribution in [3.63, 3.8) is 0 Å². The Hall–Kier alpha value is -2.43. The smallest absolute Gasteiger partial charge is 0.132 e. The minimum absolute atomic E-state index is 0.422. The van der Waals surface area contributed by atoms with Gasteiger partial charge in [-0.3, -0.25) is 5.10 Å². The van der Waals surface area contributed by atoms with Crippen molar-refractivity contribution in [3.05, 3.63) is 89.2 Å². The normalized spacial score (nSPS) is 16.0. The van der Waals surface area contributed by atoms with E-state index in [-0.39, 0.29) is 0 Å². The number of ether oxygens (including phenoxy) is 1. The van der Waals surface area contributed by atoms with Crippen molar-refractivity contribution >= 4 is 0 Å². The standard InChI is InChI=1S/C22H27N3O/c1-17-8-7-9-18(14-17)15-21(2,23)16-26-22(3,20-12-13-24-25-20)19-10-5-4-6-11-19/h4-14H,15-16,23H2,1-3H3,(H,24,25). The highest BCUT2D eigenvalue weighted by atomic mass is 16.5. The number of aromatic nitrogens is 2. The summed E-state index contributed by atoms with van der Waals surface area (Å²) in [4.78, 5) is 0. The van der Waals surface area contributed by atoms with Gasteiger partial charge in [0.2, 0.25) is 0 Å². The third-order valence-electron chi connectivity index (χ3n) is 4.72. The van der Waals surface area contributed by atoms with Crippen LogP contribution in [-0.4, -0.2) is 22.3 Å². The molecule has 0 spiro atoms. The Morgan fingerprint density at radius 1 is 1.04 bits per heavy atom. The monoisotopic (exact) mass is 349 g/mol. The third-order valence-corrected chi connectivity index (χ3v) is 4.72. The van der Waals surface area contributed by atoms with Gasteiger partial charge in [0, 0.05) is 11.7 Å². The second kappa shape index (κ2) is 7.44. The first kappa shape index (κ1) is 18.4. The number of hydrogen-bond acceptors (Lipinski definition) is 3. The zero-order chi connectivity index (χ0) is 18.6. The molecule has 2 atom stereocenters. The maximum Gasteiger partial charge on any atom is 0.132 e. The van der Waals surface area contributed by atoms with E-state index in [0.29, 0.717) is 6.61 Å². The molecule has 0 fully saturated rings. The summed E-state index contributed by atoms with van der Waals surface area (Å²) in [6.45, 7) is 6.61. The summed E-state index contributed by atoms with van der Waals surface area (Å²) in [7, 11) is 0. The maximum absolute atomic E-state index is 6.59. The Labute approximate surface area is 155 Å². The lowest BCUT2D eigenvalue weighted by molar-refractivity contribution is -0.0303. The molecule has 1 heterocycles. The number of benzene rings is 2. The Morgan fingerprint density at radius 2 is 1.81 bits per heavy atom. The average Bonchev–Trinajstić information content (AvgIpc) is 3.15. The van der Waals surface area contributed by atoms with Gasteiger partial charge in [0.05, 0.1) is 12.3 Å². The van der Waals surface area contributed by atoms with Crippen LogP contribution in [-0.2, 0) is 16.8 Å². The molecule has 3 N–H and O–H groups in total. The van der Waals surface area contributed by atoms with E-state index in [9.17, 15) is 0 Å². The highest BCUT2D eigenvalue weighted by Gasteiger charge is 2.34. The predicted octanol–water partition coefficient (Wildman–Crippen LogP) is 3.96. The van der Waals surface area contributed by atoms with Gasteiger partial charge >= 0.3 is 0 Å². The molecule has 0 aliphatic heterocycles. The summed E-state index contributed by atoms with van der Waals surface area (Å²) in [6.07, 6.45) is 2.50. The van der Waals surface area contributed by atoms with Gasteiger partial charge in [0.25, 0.3) is 0 Å². The van der Waals surface area contributed by atoms with Crippen LogP contribution in [0.3, 0.4) is 0 Å². The summed E-state index contributed by atoms with van der Waals surface area (Å²) in [5.41, 5.74) is 9.91. The molecule has 4 heteroatoms. The van der Waals surface area contributed by atoms with Crippen molar-refractivity contribution in [2.75, 3.05) is 6.61 Å². The largest absolute Gasteiger partial charge is 0.362 e. The van der Waals surface area contributed by atoms with E-state index in [1.54, 1.807) is 6.20 Å². The lowest BCUT2D eigenvalue weighted by atomic mass is 9.90. The van der Waals surface area contributed by atoms with E-state index >= 15 is 0 Å². The zero-order valence-electron chi connectivity index (χ0n) is 15.7. The Morgan fingerprint density at radius 3 is 2.46 bits per heavy atom. The van der Waals surface area contributed by atoms with Gasteiger partial charge in [-0.05, 0) is 44.4 Å². The summed E-state index contributed by atoms with van der Waals surface area (Å²) < 4.78 is 6.43. The van der Waals surface area contributed by atoms with E-state index in [4.69, 9.17) is 10.5 Å². The number of nitrogens with one attached hydrogen (secondary N) is 1. The number of rotatable bonds is 7. The summed E-state index contributed by atoms with van der Waals surface area (Å²) in [5, 5.41) is 7.15. The first-order valence-corrected chi connectivity index (χ1v) is 8.93. The Bertz CT molecular complexity index is 828. The van der Waals surface area contributed by atoms with Crippen LogP contribution in [0.2, 0.25) is 0 Å². The SMILES string of the molecule is Cc1cccc(CC(C)(N)COC(C)(c2ccccc2)c2ccn[nH]2)c1. The van der Waals surface area contributed by atoms with Crippen LogP contribution in [0.15, 0.2) is 66.9 Å². The van der Waals surface area contributed by atoms with Gasteiger partial charge in [0.1, 0.15) is 5.60 Å². The van der Waals surface area contributed by atoms with Crippen LogP contribution in [0.4, 0.5) is 0 Å². The topological polar surface area (TPSA) is 63.9 Å². The highest BCUT2D eigenvalue weighted by Crippen LogP contribution is 2.32. The van der Waals surface area contributed by atoms with E-state index < -0.39 is 11.1 Å². The summed E-state index contributed by atoms with van der Waals surface area (Å²) >= 11 is 0. The molecule has 3 aromatic rings. The summed E-state index contributed by atoms with van der Waals surface area (Å²) in [5.74, 6) is 0. The lowest BCUT2D eigenvalue weighted by Crippen LogP contribution is -2.46. The molecule has 0 bridgehead atoms. The van der Waals surface area contributed by atoms with Crippen LogP contribution in [0.25, 0.3) is 0 Å². The number of nitrogens with zero attached hydrogens (tertiary/aromatic N) is 1. The first-order chi connectivity index (χ1) is 12.4. The summed E-state index contributed by atoms with van der Waals surface area (Å²) in [6, 6.07) is 20.6. The quantitative estimate of drug-likeness (QED) is 0.679. The van der Waals surface area contributed by atoms with E-state index in [0.717, 1.165) is 17.7 Å². The first-order valence-electron chi connectivity index (χ1n) is 8.93. The van der Waals surface area contributed by atoms with Gasteiger partial charge < -0.3 is 10.5 Å². The van der Waals surface area contributed by atoms with E-state index in [2.05, 4.69) is 60.4 Å². The average molecular weight is 349 g/mol. The van der Waals surface area contributed by atoms with E-state index in [1.165, 1.54) is 11.1 Å². The van der Waals surface area contributed by atoms with Crippen molar-refractivity contribution in [1.29, 1.82) is 0 Å². The number of aryl methyl sites for hydroxylation is 1. The molecular weight excluding hydrogens is 322 g/mol. The van der Waals surface area contributed by atoms with Gasteiger partial charge in [-0.25, -0.2) is 0 Å². The van der Waals surface area contributed by atoms with Crippen LogP contribution in [0.1, 0.15) is 36.2 Å². The fourth-order valence-electron chi connectivity index (χ4n) is 3.24. The second-order valence-corrected chi connectivity index (χ2v) is 7.48. The van der Waals surface area contributed by atoms with Crippen molar-refractivity contribution in [1.82, 2.24) is 10.2 Å². The lowest BCUT2D eigenvalue weighted by Gasteiger charge is -2.34. The molecule has 0 amide bonds. The predicted molar refractivity (Wildman–Crippen MR) is 105 cm³/mol. The highest BCUT2D eigenvalue weighted by molar-refractivity contribution is 5.31. The van der Waals surface area contributed by atoms with E-state index in [1.807, 2.05) is 31.2 Å². The molecule has 26 heavy (non-hydrogen) atoms. The van der Waals surface area contributed by atoms with Gasteiger partial charge in [-0.2, -0.15) is 5.10 Å². The maximum atomic E-state index is 6.59. The molecule has 2 unspecified atom stereocenters. The molecule has 0 saturated carbocycles. The Kier molecular flexibility index (Phi) is 5.25. The van der Waals surface area contributed by atoms with Crippen molar-refractivity contribution < 1.29 is 4.74 Å². The molecule has 136 valence electrons. The molecule has 0 aliphatic rings. The van der Waals surface area contributed by atoms with Crippen LogP contribution < -0.4 is 5.73 Å². The number of aromatic amines is 1. The molecule has 1 aromatic heterocycles. The third kappa shape index (κ3) is 4.21. The van der Waals surface area contributed by atoms with Crippen LogP contribution in [0.5, 0.6) is 0 Å². The van der Waals surface area contributed by atoms with Crippen molar-refractivity contribution in [2.45, 2.75) is 38.3 Å². The molecule has 0 radical (unpaired) electrons. The molecule has 0 saturated heterocycles. The van der Waals surface area contributed by atoms with Crippen LogP contribution in [0, 0.1) is 6.92 Å². The van der Waals surface area contributed by atoms with Gasteiger partial charge in [-0.1, -0.05) is 60.2 Å². The fourth-order valence-corrected chi connectivity index (χ4v) is 3.24. The zero-order valence-corrected chi connectivity index (χ0v) is 15.7. The fraction of sp³-hybridized carbons (Fsp3) is 0.318. The molecule has 2 aromatic carbocycles. The van der Waals surface area contributed by atoms with Crippen LogP contribution >= 0.6 is 0 Å². The number of H-pyrrole nitrogens is 1. The number of nitrogens with two attached hydrogens (primary N) is 1. The minimum Gasteiger partial charge on any atom is -0.362 e. The van der Waals surface area contributed by atoms with Gasteiger partial charge in [-0.15, -0.1) is 0 Å². The van der Waals surface area contributed by atoms with Crippen molar-refractivity contribution in [3.8, 4) is 0 Å². The second-order valence-electron chi connectivity index (χ2n) is 7.48. The minimum atomic E-state index is -0.634. The molecule has 0 aliphatic carbocycles. The molecular formula is C22H27N3O. The van der Waals surface area contributed by atoms with Gasteiger partial charge in [0.15, 0.2) is 0 Å². The number of hydrogen-bond donors (Lipinski definition) is 2. The molecule has 3 rings (SSSR count). The Balaban J connectivity index is 1.79.